The molecule has 1 unspecified atom stereocenters. The van der Waals surface area contributed by atoms with E-state index in [0.29, 0.717) is 13.2 Å². The molecule has 1 N–H and O–H groups in total. The Kier molecular flexibility index (Phi) is 4.43. The predicted octanol–water partition coefficient (Wildman–Crippen LogP) is 1.89. The zero-order valence-electron chi connectivity index (χ0n) is 12.2. The molecule has 0 radical (unpaired) electrons. The second-order valence-corrected chi connectivity index (χ2v) is 5.84. The van der Waals surface area contributed by atoms with Crippen LogP contribution in [0.1, 0.15) is 18.4 Å². The second kappa shape index (κ2) is 6.46. The van der Waals surface area contributed by atoms with Gasteiger partial charge >= 0.3 is 0 Å². The van der Waals surface area contributed by atoms with E-state index in [9.17, 15) is 0 Å². The molecule has 2 aliphatic heterocycles. The van der Waals surface area contributed by atoms with E-state index in [4.69, 9.17) is 9.47 Å². The van der Waals surface area contributed by atoms with Gasteiger partial charge in [0.25, 0.3) is 0 Å². The minimum absolute atomic E-state index is 0.650. The Balaban J connectivity index is 1.53. The summed E-state index contributed by atoms with van der Waals surface area (Å²) in [5.74, 6) is 2.57. The molecule has 1 saturated heterocycles. The van der Waals surface area contributed by atoms with Gasteiger partial charge in [0.1, 0.15) is 13.2 Å². The van der Waals surface area contributed by atoms with Gasteiger partial charge in [0, 0.05) is 18.7 Å². The molecule has 0 bridgehead atoms. The summed E-state index contributed by atoms with van der Waals surface area (Å²) in [5.41, 5.74) is 1.20. The summed E-state index contributed by atoms with van der Waals surface area (Å²) in [4.78, 5) is 2.43. The fraction of sp³-hybridized carbons (Fsp3) is 0.625. The third kappa shape index (κ3) is 3.25. The molecule has 4 nitrogen and oxygen atoms in total. The number of hydrogen-bond donors (Lipinski definition) is 1. The Bertz CT molecular complexity index is 450. The van der Waals surface area contributed by atoms with Crippen LogP contribution in [-0.4, -0.2) is 44.8 Å². The monoisotopic (exact) mass is 276 g/mol. The van der Waals surface area contributed by atoms with Gasteiger partial charge in [0.05, 0.1) is 0 Å². The van der Waals surface area contributed by atoms with Gasteiger partial charge in [0.15, 0.2) is 11.5 Å². The van der Waals surface area contributed by atoms with Crippen LogP contribution < -0.4 is 14.8 Å². The van der Waals surface area contributed by atoms with Crippen molar-refractivity contribution in [3.63, 3.8) is 0 Å². The average molecular weight is 276 g/mol. The van der Waals surface area contributed by atoms with Crippen molar-refractivity contribution < 1.29 is 9.47 Å². The number of benzene rings is 1. The average Bonchev–Trinajstić information content (AvgIpc) is 2.48. The van der Waals surface area contributed by atoms with Crippen LogP contribution in [0.4, 0.5) is 0 Å². The summed E-state index contributed by atoms with van der Waals surface area (Å²) in [6, 6.07) is 6.14. The molecule has 0 amide bonds. The van der Waals surface area contributed by atoms with Crippen molar-refractivity contribution in [1.82, 2.24) is 10.2 Å². The summed E-state index contributed by atoms with van der Waals surface area (Å²) in [7, 11) is 2.21. The molecule has 0 aliphatic carbocycles. The van der Waals surface area contributed by atoms with Crippen molar-refractivity contribution in [3.8, 4) is 11.5 Å². The summed E-state index contributed by atoms with van der Waals surface area (Å²) in [6.45, 7) is 5.69. The molecular weight excluding hydrogens is 252 g/mol. The molecule has 2 aliphatic rings. The molecule has 1 atom stereocenters. The molecule has 0 saturated carbocycles. The first-order valence-electron chi connectivity index (χ1n) is 7.59. The van der Waals surface area contributed by atoms with Crippen molar-refractivity contribution in [2.24, 2.45) is 5.92 Å². The lowest BCUT2D eigenvalue weighted by Gasteiger charge is -2.30. The lowest BCUT2D eigenvalue weighted by atomic mass is 9.98. The normalized spacial score (nSPS) is 22.8. The Labute approximate surface area is 121 Å². The SMILES string of the molecule is CN1CCCC(CNCc2cccc3c2OCCO3)C1. The van der Waals surface area contributed by atoms with Gasteiger partial charge < -0.3 is 19.7 Å². The molecule has 1 aromatic rings. The fourth-order valence-electron chi connectivity index (χ4n) is 3.12. The van der Waals surface area contributed by atoms with Crippen LogP contribution in [0.3, 0.4) is 0 Å². The van der Waals surface area contributed by atoms with Gasteiger partial charge in [-0.05, 0) is 45.0 Å². The van der Waals surface area contributed by atoms with E-state index < -0.39 is 0 Å². The molecule has 110 valence electrons. The third-order valence-corrected chi connectivity index (χ3v) is 4.12. The van der Waals surface area contributed by atoms with Gasteiger partial charge in [-0.25, -0.2) is 0 Å². The number of hydrogen-bond acceptors (Lipinski definition) is 4. The highest BCUT2D eigenvalue weighted by Crippen LogP contribution is 2.33. The van der Waals surface area contributed by atoms with E-state index in [2.05, 4.69) is 23.3 Å². The minimum Gasteiger partial charge on any atom is -0.486 e. The van der Waals surface area contributed by atoms with Crippen LogP contribution in [-0.2, 0) is 6.54 Å². The van der Waals surface area contributed by atoms with E-state index >= 15 is 0 Å². The Morgan fingerprint density at radius 2 is 2.20 bits per heavy atom. The smallest absolute Gasteiger partial charge is 0.165 e. The fourth-order valence-corrected chi connectivity index (χ4v) is 3.12. The number of para-hydroxylation sites is 1. The van der Waals surface area contributed by atoms with Crippen LogP contribution in [0.2, 0.25) is 0 Å². The molecule has 1 aromatic carbocycles. The van der Waals surface area contributed by atoms with Crippen molar-refractivity contribution >= 4 is 0 Å². The number of nitrogens with zero attached hydrogens (tertiary/aromatic N) is 1. The lowest BCUT2D eigenvalue weighted by molar-refractivity contribution is 0.169. The number of fused-ring (bicyclic) bond motifs is 1. The second-order valence-electron chi connectivity index (χ2n) is 5.84. The van der Waals surface area contributed by atoms with E-state index in [1.54, 1.807) is 0 Å². The van der Waals surface area contributed by atoms with E-state index in [1.807, 2.05) is 12.1 Å². The summed E-state index contributed by atoms with van der Waals surface area (Å²) in [6.07, 6.45) is 2.66. The quantitative estimate of drug-likeness (QED) is 0.910. The highest BCUT2D eigenvalue weighted by molar-refractivity contribution is 5.47. The van der Waals surface area contributed by atoms with Gasteiger partial charge in [-0.3, -0.25) is 0 Å². The Morgan fingerprint density at radius 3 is 3.10 bits per heavy atom. The summed E-state index contributed by atoms with van der Waals surface area (Å²) < 4.78 is 11.4. The standard InChI is InChI=1S/C16H24N2O2/c1-18-7-3-4-13(12-18)10-17-11-14-5-2-6-15-16(14)20-9-8-19-15/h2,5-6,13,17H,3-4,7-12H2,1H3. The van der Waals surface area contributed by atoms with E-state index in [-0.39, 0.29) is 0 Å². The van der Waals surface area contributed by atoms with Crippen LogP contribution in [0, 0.1) is 5.92 Å². The molecule has 20 heavy (non-hydrogen) atoms. The number of piperidine rings is 1. The molecule has 0 aromatic heterocycles. The zero-order valence-corrected chi connectivity index (χ0v) is 12.2. The first kappa shape index (κ1) is 13.7. The summed E-state index contributed by atoms with van der Waals surface area (Å²) in [5, 5.41) is 3.58. The maximum Gasteiger partial charge on any atom is 0.165 e. The van der Waals surface area contributed by atoms with Gasteiger partial charge in [-0.2, -0.15) is 0 Å². The van der Waals surface area contributed by atoms with Crippen molar-refractivity contribution in [2.45, 2.75) is 19.4 Å². The van der Waals surface area contributed by atoms with Crippen LogP contribution in [0.5, 0.6) is 11.5 Å². The largest absolute Gasteiger partial charge is 0.486 e. The first-order chi connectivity index (χ1) is 9.83. The number of rotatable bonds is 4. The Hall–Kier alpha value is -1.26. The third-order valence-electron chi connectivity index (χ3n) is 4.12. The molecular formula is C16H24N2O2. The topological polar surface area (TPSA) is 33.7 Å². The molecule has 2 heterocycles. The summed E-state index contributed by atoms with van der Waals surface area (Å²) >= 11 is 0. The number of likely N-dealkylation sites (tertiary alicyclic amines) is 1. The van der Waals surface area contributed by atoms with E-state index in [0.717, 1.165) is 30.5 Å². The molecule has 3 rings (SSSR count). The van der Waals surface area contributed by atoms with Gasteiger partial charge in [-0.15, -0.1) is 0 Å². The van der Waals surface area contributed by atoms with Crippen molar-refractivity contribution in [3.05, 3.63) is 23.8 Å². The van der Waals surface area contributed by atoms with Crippen molar-refractivity contribution in [1.29, 1.82) is 0 Å². The van der Waals surface area contributed by atoms with Crippen molar-refractivity contribution in [2.75, 3.05) is 39.9 Å². The van der Waals surface area contributed by atoms with Crippen LogP contribution in [0.25, 0.3) is 0 Å². The first-order valence-corrected chi connectivity index (χ1v) is 7.59. The maximum atomic E-state index is 5.74. The van der Waals surface area contributed by atoms with Gasteiger partial charge in [0.2, 0.25) is 0 Å². The Morgan fingerprint density at radius 1 is 1.30 bits per heavy atom. The van der Waals surface area contributed by atoms with Crippen LogP contribution >= 0.6 is 0 Å². The van der Waals surface area contributed by atoms with Gasteiger partial charge in [-0.1, -0.05) is 12.1 Å². The minimum atomic E-state index is 0.650. The highest BCUT2D eigenvalue weighted by atomic mass is 16.6. The predicted molar refractivity (Wildman–Crippen MR) is 79.4 cm³/mol. The van der Waals surface area contributed by atoms with E-state index in [1.165, 1.54) is 31.5 Å². The number of ether oxygens (including phenoxy) is 2. The highest BCUT2D eigenvalue weighted by Gasteiger charge is 2.18. The number of nitrogens with one attached hydrogen (secondary N) is 1. The zero-order chi connectivity index (χ0) is 13.8. The van der Waals surface area contributed by atoms with Crippen LogP contribution in [0.15, 0.2) is 18.2 Å². The molecule has 1 fully saturated rings. The molecule has 0 spiro atoms. The lowest BCUT2D eigenvalue weighted by Crippen LogP contribution is -2.37. The molecule has 4 heteroatoms. The maximum absolute atomic E-state index is 5.74.